The molecule has 0 atom stereocenters. The van der Waals surface area contributed by atoms with Gasteiger partial charge in [0, 0.05) is 32.2 Å². The monoisotopic (exact) mass is 373 g/mol. The van der Waals surface area contributed by atoms with E-state index in [1.54, 1.807) is 0 Å². The van der Waals surface area contributed by atoms with E-state index in [2.05, 4.69) is 16.3 Å². The molecule has 1 saturated heterocycles. The van der Waals surface area contributed by atoms with Gasteiger partial charge in [0.1, 0.15) is 0 Å². The number of nitrogens with one attached hydrogen (secondary N) is 1. The van der Waals surface area contributed by atoms with Crippen molar-refractivity contribution in [2.45, 2.75) is 38.1 Å². The van der Waals surface area contributed by atoms with Crippen LogP contribution in [0.15, 0.2) is 24.3 Å². The summed E-state index contributed by atoms with van der Waals surface area (Å²) in [5.41, 5.74) is 1.08. The maximum atomic E-state index is 12.9. The van der Waals surface area contributed by atoms with Gasteiger partial charge in [0.2, 0.25) is 0 Å². The molecule has 1 N–H and O–H groups in total. The molecular weight excluding hydrogens is 346 g/mol. The topological polar surface area (TPSA) is 35.6 Å². The highest BCUT2D eigenvalue weighted by atomic mass is 35.5. The van der Waals surface area contributed by atoms with E-state index in [1.165, 1.54) is 32.1 Å². The lowest BCUT2D eigenvalue weighted by Gasteiger charge is -2.54. The van der Waals surface area contributed by atoms with E-state index in [0.29, 0.717) is 6.04 Å². The van der Waals surface area contributed by atoms with Crippen LogP contribution in [0.4, 0.5) is 10.5 Å². The van der Waals surface area contributed by atoms with Gasteiger partial charge in [0.25, 0.3) is 0 Å². The second kappa shape index (κ2) is 6.63. The van der Waals surface area contributed by atoms with E-state index in [4.69, 9.17) is 11.6 Å². The van der Waals surface area contributed by atoms with Crippen LogP contribution in [0, 0.1) is 23.7 Å². The lowest BCUT2D eigenvalue weighted by Crippen LogP contribution is -2.60. The molecule has 140 valence electrons. The van der Waals surface area contributed by atoms with Crippen LogP contribution >= 0.6 is 11.6 Å². The third-order valence-corrected chi connectivity index (χ3v) is 7.60. The van der Waals surface area contributed by atoms with Gasteiger partial charge < -0.3 is 15.1 Å². The van der Waals surface area contributed by atoms with Gasteiger partial charge in [-0.15, -0.1) is 0 Å². The van der Waals surface area contributed by atoms with Crippen LogP contribution in [-0.2, 0) is 0 Å². The van der Waals surface area contributed by atoms with Gasteiger partial charge in [-0.1, -0.05) is 23.7 Å². The molecule has 1 aromatic carbocycles. The number of hydrogen-bond acceptors (Lipinski definition) is 2. The third kappa shape index (κ3) is 2.96. The highest BCUT2D eigenvalue weighted by molar-refractivity contribution is 6.33. The van der Waals surface area contributed by atoms with Crippen molar-refractivity contribution in [3.63, 3.8) is 0 Å². The first kappa shape index (κ1) is 16.7. The Kier molecular flexibility index (Phi) is 4.27. The quantitative estimate of drug-likeness (QED) is 0.850. The number of piperazine rings is 1. The number of carbonyl (C=O) groups excluding carboxylic acids is 1. The van der Waals surface area contributed by atoms with Gasteiger partial charge >= 0.3 is 6.03 Å². The first-order valence-corrected chi connectivity index (χ1v) is 10.6. The zero-order chi connectivity index (χ0) is 17.7. The van der Waals surface area contributed by atoms with Crippen molar-refractivity contribution < 1.29 is 4.79 Å². The van der Waals surface area contributed by atoms with Crippen LogP contribution in [0.25, 0.3) is 0 Å². The molecule has 0 unspecified atom stereocenters. The molecule has 4 aliphatic carbocycles. The van der Waals surface area contributed by atoms with E-state index in [-0.39, 0.29) is 6.03 Å². The van der Waals surface area contributed by atoms with Crippen molar-refractivity contribution in [3.05, 3.63) is 29.3 Å². The lowest BCUT2D eigenvalue weighted by atomic mass is 9.54. The van der Waals surface area contributed by atoms with Crippen LogP contribution < -0.4 is 10.2 Å². The molecule has 4 saturated carbocycles. The molecule has 0 aromatic heterocycles. The van der Waals surface area contributed by atoms with Crippen molar-refractivity contribution in [2.24, 2.45) is 23.7 Å². The smallest absolute Gasteiger partial charge is 0.317 e. The highest BCUT2D eigenvalue weighted by Gasteiger charge is 2.48. The second-order valence-corrected chi connectivity index (χ2v) is 9.24. The van der Waals surface area contributed by atoms with Gasteiger partial charge in [-0.2, -0.15) is 0 Å². The summed E-state index contributed by atoms with van der Waals surface area (Å²) in [5, 5.41) is 4.23. The zero-order valence-corrected chi connectivity index (χ0v) is 16.0. The summed E-state index contributed by atoms with van der Waals surface area (Å²) in [7, 11) is 0. The summed E-state index contributed by atoms with van der Waals surface area (Å²) in [4.78, 5) is 17.2. The fourth-order valence-corrected chi connectivity index (χ4v) is 6.51. The van der Waals surface area contributed by atoms with Gasteiger partial charge in [0.15, 0.2) is 0 Å². The average molecular weight is 374 g/mol. The van der Waals surface area contributed by atoms with E-state index in [0.717, 1.165) is 60.6 Å². The van der Waals surface area contributed by atoms with E-state index in [9.17, 15) is 4.79 Å². The Hall–Kier alpha value is -1.42. The maximum Gasteiger partial charge on any atom is 0.317 e. The molecule has 0 radical (unpaired) electrons. The van der Waals surface area contributed by atoms with Crippen LogP contribution in [-0.4, -0.2) is 43.2 Å². The van der Waals surface area contributed by atoms with Crippen molar-refractivity contribution in [2.75, 3.05) is 31.1 Å². The Bertz CT molecular complexity index is 658. The summed E-state index contributed by atoms with van der Waals surface area (Å²) in [6.45, 7) is 3.23. The minimum atomic E-state index is 0.154. The van der Waals surface area contributed by atoms with Gasteiger partial charge in [-0.25, -0.2) is 4.79 Å². The van der Waals surface area contributed by atoms with Gasteiger partial charge in [-0.3, -0.25) is 0 Å². The number of halogens is 1. The molecule has 1 heterocycles. The fourth-order valence-electron chi connectivity index (χ4n) is 6.25. The lowest BCUT2D eigenvalue weighted by molar-refractivity contribution is -0.0110. The molecule has 4 nitrogen and oxygen atoms in total. The van der Waals surface area contributed by atoms with Crippen molar-refractivity contribution >= 4 is 23.3 Å². The minimum absolute atomic E-state index is 0.154. The Labute approximate surface area is 160 Å². The summed E-state index contributed by atoms with van der Waals surface area (Å²) in [6, 6.07) is 8.56. The minimum Gasteiger partial charge on any atom is -0.367 e. The molecule has 0 spiro atoms. The number of nitrogens with zero attached hydrogens (tertiary/aromatic N) is 2. The van der Waals surface area contributed by atoms with E-state index in [1.807, 2.05) is 23.1 Å². The zero-order valence-electron chi connectivity index (χ0n) is 15.2. The van der Waals surface area contributed by atoms with Gasteiger partial charge in [-0.05, 0) is 67.9 Å². The molecule has 26 heavy (non-hydrogen) atoms. The first-order chi connectivity index (χ1) is 12.7. The van der Waals surface area contributed by atoms with Crippen LogP contribution in [0.1, 0.15) is 32.1 Å². The number of urea groups is 1. The Balaban J connectivity index is 1.18. The third-order valence-electron chi connectivity index (χ3n) is 7.28. The predicted molar refractivity (Wildman–Crippen MR) is 105 cm³/mol. The van der Waals surface area contributed by atoms with Crippen molar-refractivity contribution in [3.8, 4) is 0 Å². The van der Waals surface area contributed by atoms with Crippen LogP contribution in [0.5, 0.6) is 0 Å². The summed E-state index contributed by atoms with van der Waals surface area (Å²) in [6.07, 6.45) is 6.84. The Morgan fingerprint density at radius 2 is 1.54 bits per heavy atom. The molecule has 5 heteroatoms. The molecule has 1 aliphatic heterocycles. The van der Waals surface area contributed by atoms with Gasteiger partial charge in [0.05, 0.1) is 10.7 Å². The summed E-state index contributed by atoms with van der Waals surface area (Å²) in [5.74, 6) is 3.37. The summed E-state index contributed by atoms with van der Waals surface area (Å²) >= 11 is 6.32. The van der Waals surface area contributed by atoms with E-state index >= 15 is 0 Å². The maximum absolute atomic E-state index is 12.9. The molecule has 2 amide bonds. The average Bonchev–Trinajstić information content (AvgIpc) is 2.64. The van der Waals surface area contributed by atoms with E-state index < -0.39 is 0 Å². The normalized spacial score (nSPS) is 35.7. The molecule has 5 fully saturated rings. The fraction of sp³-hybridized carbons (Fsp3) is 0.667. The van der Waals surface area contributed by atoms with Crippen molar-refractivity contribution in [1.29, 1.82) is 0 Å². The van der Waals surface area contributed by atoms with Crippen LogP contribution in [0.3, 0.4) is 0 Å². The molecule has 6 rings (SSSR count). The standard InChI is InChI=1S/C21H28ClN3O/c22-18-3-1-2-4-19(18)24-5-7-25(8-6-24)21(26)23-20-16-10-14-9-15(12-16)13-17(20)11-14/h1-4,14-17,20H,5-13H2,(H,23,26). The number of rotatable bonds is 2. The number of benzene rings is 1. The Morgan fingerprint density at radius 1 is 0.923 bits per heavy atom. The SMILES string of the molecule is O=C(NC1C2CC3CC(C2)CC1C3)N1CCN(c2ccccc2Cl)CC1. The summed E-state index contributed by atoms with van der Waals surface area (Å²) < 4.78 is 0. The number of amides is 2. The highest BCUT2D eigenvalue weighted by Crippen LogP contribution is 2.53. The molecule has 1 aromatic rings. The number of anilines is 1. The number of hydrogen-bond donors (Lipinski definition) is 1. The Morgan fingerprint density at radius 3 is 2.15 bits per heavy atom. The van der Waals surface area contributed by atoms with Crippen LogP contribution in [0.2, 0.25) is 5.02 Å². The largest absolute Gasteiger partial charge is 0.367 e. The number of para-hydroxylation sites is 1. The molecular formula is C21H28ClN3O. The number of carbonyl (C=O) groups is 1. The first-order valence-electron chi connectivity index (χ1n) is 10.2. The second-order valence-electron chi connectivity index (χ2n) is 8.83. The van der Waals surface area contributed by atoms with Crippen molar-refractivity contribution in [1.82, 2.24) is 10.2 Å². The molecule has 5 aliphatic rings. The molecule has 4 bridgehead atoms. The predicted octanol–water partition coefficient (Wildman–Crippen LogP) is 4.00.